The van der Waals surface area contributed by atoms with Gasteiger partial charge in [-0.2, -0.15) is 0 Å². The lowest BCUT2D eigenvalue weighted by atomic mass is 9.78. The number of aliphatic hydroxyl groups is 1. The zero-order valence-electron chi connectivity index (χ0n) is 32.0. The zero-order valence-corrected chi connectivity index (χ0v) is 32.0. The van der Waals surface area contributed by atoms with Crippen molar-refractivity contribution < 1.29 is 38.4 Å². The molecule has 0 saturated heterocycles. The monoisotopic (exact) mass is 722 g/mol. The summed E-state index contributed by atoms with van der Waals surface area (Å²) < 4.78 is 21.5. The number of benzene rings is 4. The molecule has 1 N–H and O–H groups in total. The Morgan fingerprint density at radius 3 is 1.43 bits per heavy atom. The van der Waals surface area contributed by atoms with E-state index in [9.17, 15) is 19.5 Å². The number of aliphatic hydroxyl groups excluding tert-OH is 1. The summed E-state index contributed by atoms with van der Waals surface area (Å²) in [7, 11) is 3.02. The molecule has 0 spiro atoms. The van der Waals surface area contributed by atoms with E-state index in [0.717, 1.165) is 54.5 Å². The second-order valence-electron chi connectivity index (χ2n) is 14.4. The summed E-state index contributed by atoms with van der Waals surface area (Å²) in [5.41, 5.74) is 4.30. The lowest BCUT2D eigenvalue weighted by Crippen LogP contribution is -2.31. The van der Waals surface area contributed by atoms with Crippen LogP contribution in [0, 0.1) is 0 Å². The number of carbonyl (C=O) groups is 3. The number of unbranched alkanes of at least 4 members (excludes halogenated alkanes) is 5. The van der Waals surface area contributed by atoms with Crippen LogP contribution in [0.5, 0.6) is 17.2 Å². The quantitative estimate of drug-likeness (QED) is 0.0547. The third-order valence-corrected chi connectivity index (χ3v) is 10.1. The Balaban J connectivity index is 1.11. The van der Waals surface area contributed by atoms with Gasteiger partial charge in [0.05, 0.1) is 26.4 Å². The predicted octanol–water partition coefficient (Wildman–Crippen LogP) is 9.17. The minimum absolute atomic E-state index is 0.123. The summed E-state index contributed by atoms with van der Waals surface area (Å²) in [6.45, 7) is 8.13. The molecule has 0 bridgehead atoms. The van der Waals surface area contributed by atoms with E-state index in [1.807, 2.05) is 72.8 Å². The number of methoxy groups -OCH3 is 2. The van der Waals surface area contributed by atoms with Crippen LogP contribution >= 0.6 is 0 Å². The molecule has 0 saturated carbocycles. The first kappa shape index (κ1) is 40.8. The van der Waals surface area contributed by atoms with E-state index in [1.165, 1.54) is 12.7 Å². The van der Waals surface area contributed by atoms with Crippen LogP contribution in [-0.4, -0.2) is 49.8 Å². The van der Waals surface area contributed by atoms with E-state index < -0.39 is 6.10 Å². The molecule has 282 valence electrons. The van der Waals surface area contributed by atoms with Gasteiger partial charge >= 0.3 is 11.9 Å². The molecular formula is C45H54O8. The fourth-order valence-electron chi connectivity index (χ4n) is 6.36. The van der Waals surface area contributed by atoms with E-state index in [2.05, 4.69) is 39.8 Å². The maximum Gasteiger partial charge on any atom is 0.337 e. The normalized spacial score (nSPS) is 12.1. The van der Waals surface area contributed by atoms with Crippen molar-refractivity contribution in [3.63, 3.8) is 0 Å². The van der Waals surface area contributed by atoms with Crippen LogP contribution < -0.4 is 14.2 Å². The number of rotatable bonds is 20. The van der Waals surface area contributed by atoms with Gasteiger partial charge in [0, 0.05) is 23.7 Å². The number of ether oxygens (including phenoxy) is 4. The molecule has 4 aromatic carbocycles. The molecule has 0 fully saturated rings. The van der Waals surface area contributed by atoms with E-state index in [0.29, 0.717) is 36.3 Å². The molecule has 4 aromatic rings. The van der Waals surface area contributed by atoms with Gasteiger partial charge in [0.15, 0.2) is 11.9 Å². The molecule has 0 aromatic heterocycles. The third-order valence-electron chi connectivity index (χ3n) is 10.1. The Morgan fingerprint density at radius 2 is 0.981 bits per heavy atom. The number of Topliss-reactive ketones (excluding diaryl/α,β-unsaturated/α-hetero) is 1. The molecule has 0 radical (unpaired) electrons. The predicted molar refractivity (Wildman–Crippen MR) is 207 cm³/mol. The summed E-state index contributed by atoms with van der Waals surface area (Å²) in [4.78, 5) is 37.1. The third kappa shape index (κ3) is 11.3. The summed E-state index contributed by atoms with van der Waals surface area (Å²) in [5, 5.41) is 9.89. The molecule has 8 nitrogen and oxygen atoms in total. The molecule has 4 rings (SSSR count). The number of esters is 2. The van der Waals surface area contributed by atoms with E-state index in [1.54, 1.807) is 19.2 Å². The van der Waals surface area contributed by atoms with Crippen LogP contribution in [0.3, 0.4) is 0 Å². The molecular weight excluding hydrogens is 668 g/mol. The van der Waals surface area contributed by atoms with Crippen molar-refractivity contribution in [1.82, 2.24) is 0 Å². The largest absolute Gasteiger partial charge is 0.497 e. The van der Waals surface area contributed by atoms with E-state index in [4.69, 9.17) is 18.9 Å². The molecule has 1 unspecified atom stereocenters. The fourth-order valence-corrected chi connectivity index (χ4v) is 6.36. The average molecular weight is 723 g/mol. The van der Waals surface area contributed by atoms with Gasteiger partial charge < -0.3 is 24.1 Å². The van der Waals surface area contributed by atoms with E-state index in [-0.39, 0.29) is 35.2 Å². The maximum absolute atomic E-state index is 12.8. The van der Waals surface area contributed by atoms with Crippen molar-refractivity contribution in [2.45, 2.75) is 96.0 Å². The van der Waals surface area contributed by atoms with Gasteiger partial charge in [-0.05, 0) is 83.6 Å². The Bertz CT molecular complexity index is 1760. The number of hydrogen-bond acceptors (Lipinski definition) is 8. The van der Waals surface area contributed by atoms with Gasteiger partial charge in [-0.3, -0.25) is 9.59 Å². The number of ketones is 1. The van der Waals surface area contributed by atoms with Crippen molar-refractivity contribution >= 4 is 17.7 Å². The van der Waals surface area contributed by atoms with Crippen molar-refractivity contribution in [3.8, 4) is 17.2 Å². The number of hydrogen-bond donors (Lipinski definition) is 1. The van der Waals surface area contributed by atoms with Gasteiger partial charge in [0.2, 0.25) is 0 Å². The molecule has 0 heterocycles. The van der Waals surface area contributed by atoms with Crippen LogP contribution in [0.4, 0.5) is 0 Å². The van der Waals surface area contributed by atoms with Crippen LogP contribution in [-0.2, 0) is 25.2 Å². The first-order valence-corrected chi connectivity index (χ1v) is 18.4. The molecule has 0 aliphatic rings. The minimum atomic E-state index is -0.915. The highest BCUT2D eigenvalue weighted by Crippen LogP contribution is 2.34. The molecule has 53 heavy (non-hydrogen) atoms. The second-order valence-corrected chi connectivity index (χ2v) is 14.4. The first-order valence-electron chi connectivity index (χ1n) is 18.4. The van der Waals surface area contributed by atoms with Crippen LogP contribution in [0.25, 0.3) is 0 Å². The molecule has 0 aliphatic heterocycles. The topological polar surface area (TPSA) is 108 Å². The molecule has 1 atom stereocenters. The van der Waals surface area contributed by atoms with Crippen molar-refractivity contribution in [3.05, 3.63) is 125 Å². The lowest BCUT2D eigenvalue weighted by molar-refractivity contribution is -0.134. The van der Waals surface area contributed by atoms with Gasteiger partial charge in [-0.25, -0.2) is 4.79 Å². The summed E-state index contributed by atoms with van der Waals surface area (Å²) in [6.07, 6.45) is 4.96. The Morgan fingerprint density at radius 1 is 0.566 bits per heavy atom. The SMILES string of the molecule is COC(=O)c1ccc(C(C)(C)c2ccc(OC(CO)C(=O)CCCCCCCCC(=O)Oc3ccc(C(C)(C)c4ccc(OC)cc4)cc3)cc2)cc1. The Labute approximate surface area is 314 Å². The Kier molecular flexibility index (Phi) is 14.8. The highest BCUT2D eigenvalue weighted by Gasteiger charge is 2.25. The number of carbonyl (C=O) groups excluding carboxylic acids is 3. The van der Waals surface area contributed by atoms with Crippen molar-refractivity contribution in [1.29, 1.82) is 0 Å². The average Bonchev–Trinajstić information content (AvgIpc) is 3.18. The van der Waals surface area contributed by atoms with Crippen molar-refractivity contribution in [2.24, 2.45) is 0 Å². The van der Waals surface area contributed by atoms with Crippen LogP contribution in [0.1, 0.15) is 112 Å². The maximum atomic E-state index is 12.8. The molecule has 0 amide bonds. The Hall–Kier alpha value is -4.95. The van der Waals surface area contributed by atoms with Crippen LogP contribution in [0.15, 0.2) is 97.1 Å². The highest BCUT2D eigenvalue weighted by atomic mass is 16.5. The van der Waals surface area contributed by atoms with Crippen LogP contribution in [0.2, 0.25) is 0 Å². The minimum Gasteiger partial charge on any atom is -0.497 e. The first-order chi connectivity index (χ1) is 25.4. The zero-order chi connectivity index (χ0) is 38.4. The van der Waals surface area contributed by atoms with E-state index >= 15 is 0 Å². The summed E-state index contributed by atoms with van der Waals surface area (Å²) >= 11 is 0. The van der Waals surface area contributed by atoms with Gasteiger partial charge in [0.25, 0.3) is 0 Å². The molecule has 0 aliphatic carbocycles. The smallest absolute Gasteiger partial charge is 0.337 e. The molecule has 8 heteroatoms. The lowest BCUT2D eigenvalue weighted by Gasteiger charge is -2.26. The second kappa shape index (κ2) is 19.2. The van der Waals surface area contributed by atoms with Gasteiger partial charge in [-0.1, -0.05) is 102 Å². The van der Waals surface area contributed by atoms with Gasteiger partial charge in [0.1, 0.15) is 17.2 Å². The van der Waals surface area contributed by atoms with Gasteiger partial charge in [-0.15, -0.1) is 0 Å². The summed E-state index contributed by atoms with van der Waals surface area (Å²) in [5.74, 6) is 1.14. The van der Waals surface area contributed by atoms with Crippen molar-refractivity contribution in [2.75, 3.05) is 20.8 Å². The summed E-state index contributed by atoms with van der Waals surface area (Å²) in [6, 6.07) is 30.6. The standard InChI is InChI=1S/C45H54O8/c1-44(2,33-17-15-32(16-18-33)43(49)51-6)35-21-27-38(28-22-35)52-41(31-46)40(47)13-11-9-7-8-10-12-14-42(48)53-39-29-23-36(24-30-39)45(3,4)34-19-25-37(50-5)26-20-34/h15-30,41,46H,7-14,31H2,1-6H3. The highest BCUT2D eigenvalue weighted by molar-refractivity contribution is 5.89. The fraction of sp³-hybridized carbons (Fsp3) is 0.400.